The van der Waals surface area contributed by atoms with E-state index in [0.717, 1.165) is 12.8 Å². The normalized spacial score (nSPS) is 18.4. The third-order valence-corrected chi connectivity index (χ3v) is 2.86. The van der Waals surface area contributed by atoms with Gasteiger partial charge in [-0.2, -0.15) is 5.26 Å². The molecule has 1 saturated carbocycles. The van der Waals surface area contributed by atoms with Crippen LogP contribution < -0.4 is 5.73 Å². The summed E-state index contributed by atoms with van der Waals surface area (Å²) in [7, 11) is 0. The smallest absolute Gasteiger partial charge is 0.217 e. The van der Waals surface area contributed by atoms with Gasteiger partial charge in [-0.3, -0.25) is 4.79 Å². The van der Waals surface area contributed by atoms with E-state index in [0.29, 0.717) is 5.69 Å². The van der Waals surface area contributed by atoms with Gasteiger partial charge in [0.05, 0.1) is 18.0 Å². The van der Waals surface area contributed by atoms with Crippen molar-refractivity contribution in [3.63, 3.8) is 0 Å². The average molecular weight is 232 g/mol. The molecule has 1 aromatic heterocycles. The molecular weight excluding hydrogens is 218 g/mol. The van der Waals surface area contributed by atoms with Crippen molar-refractivity contribution in [3.8, 4) is 6.07 Å². The lowest BCUT2D eigenvalue weighted by atomic mass is 10.0. The number of carbonyl (C=O) groups excluding carboxylic acids is 1. The van der Waals surface area contributed by atoms with Gasteiger partial charge in [0.15, 0.2) is 5.54 Å². The van der Waals surface area contributed by atoms with Gasteiger partial charge in [-0.25, -0.2) is 4.68 Å². The van der Waals surface area contributed by atoms with E-state index in [9.17, 15) is 4.79 Å². The van der Waals surface area contributed by atoms with Gasteiger partial charge >= 0.3 is 0 Å². The van der Waals surface area contributed by atoms with E-state index in [1.165, 1.54) is 0 Å². The van der Waals surface area contributed by atoms with Crippen molar-refractivity contribution in [2.75, 3.05) is 0 Å². The highest BCUT2D eigenvalue weighted by atomic mass is 16.1. The van der Waals surface area contributed by atoms with Crippen LogP contribution in [-0.4, -0.2) is 20.9 Å². The van der Waals surface area contributed by atoms with Crippen LogP contribution in [0.25, 0.3) is 0 Å². The molecule has 1 atom stereocenters. The summed E-state index contributed by atoms with van der Waals surface area (Å²) < 4.78 is 1.61. The van der Waals surface area contributed by atoms with Crippen LogP contribution in [0, 0.1) is 23.7 Å². The Morgan fingerprint density at radius 2 is 2.53 bits per heavy atom. The molecule has 0 spiro atoms. The van der Waals surface area contributed by atoms with Crippen molar-refractivity contribution >= 4 is 5.91 Å². The standard InChI is InChI=1S/C11H14N5O/c1-8(5-10(13)17)4-9-6-16(15-14-9)11(7-12)2-3-11/h4,6,8H,2-3,5H2,1H3,(H2,13,17)/t8-/m0/s1. The Morgan fingerprint density at radius 3 is 3.06 bits per heavy atom. The lowest BCUT2D eigenvalue weighted by Crippen LogP contribution is -2.15. The first-order valence-corrected chi connectivity index (χ1v) is 5.53. The molecule has 0 aromatic carbocycles. The lowest BCUT2D eigenvalue weighted by Gasteiger charge is -2.05. The number of aromatic nitrogens is 3. The van der Waals surface area contributed by atoms with Crippen LogP contribution in [0.5, 0.6) is 0 Å². The van der Waals surface area contributed by atoms with Crippen molar-refractivity contribution < 1.29 is 4.79 Å². The molecule has 1 fully saturated rings. The molecule has 0 aliphatic heterocycles. The highest BCUT2D eigenvalue weighted by Crippen LogP contribution is 2.42. The van der Waals surface area contributed by atoms with Crippen molar-refractivity contribution in [1.82, 2.24) is 15.0 Å². The van der Waals surface area contributed by atoms with E-state index in [1.54, 1.807) is 10.9 Å². The molecule has 6 nitrogen and oxygen atoms in total. The number of primary amides is 1. The second kappa shape index (κ2) is 4.17. The summed E-state index contributed by atoms with van der Waals surface area (Å²) in [5.41, 5.74) is 5.31. The molecule has 0 unspecified atom stereocenters. The monoisotopic (exact) mass is 232 g/mol. The molecular formula is C11H14N5O. The first-order valence-electron chi connectivity index (χ1n) is 5.53. The predicted octanol–water partition coefficient (Wildman–Crippen LogP) is 0.355. The van der Waals surface area contributed by atoms with Gasteiger partial charge in [0.1, 0.15) is 0 Å². The zero-order valence-electron chi connectivity index (χ0n) is 9.63. The van der Waals surface area contributed by atoms with E-state index < -0.39 is 5.54 Å². The van der Waals surface area contributed by atoms with Gasteiger partial charge in [0, 0.05) is 12.8 Å². The topological polar surface area (TPSA) is 97.6 Å². The minimum atomic E-state index is -0.480. The number of rotatable bonds is 5. The maximum atomic E-state index is 10.7. The fourth-order valence-corrected chi connectivity index (χ4v) is 1.74. The summed E-state index contributed by atoms with van der Waals surface area (Å²) >= 11 is 0. The van der Waals surface area contributed by atoms with Crippen LogP contribution in [0.4, 0.5) is 0 Å². The summed E-state index contributed by atoms with van der Waals surface area (Å²) in [6.45, 7) is 1.89. The Bertz CT molecular complexity index is 468. The Kier molecular flexibility index (Phi) is 2.84. The number of nitrogens with zero attached hydrogens (tertiary/aromatic N) is 4. The molecule has 1 aromatic rings. The van der Waals surface area contributed by atoms with Crippen LogP contribution in [0.2, 0.25) is 0 Å². The first-order chi connectivity index (χ1) is 8.05. The Balaban J connectivity index is 2.00. The quantitative estimate of drug-likeness (QED) is 0.792. The molecule has 89 valence electrons. The van der Waals surface area contributed by atoms with E-state index in [1.807, 2.05) is 13.3 Å². The van der Waals surface area contributed by atoms with Crippen LogP contribution in [-0.2, 0) is 10.3 Å². The summed E-state index contributed by atoms with van der Waals surface area (Å²) in [5.74, 6) is -0.313. The van der Waals surface area contributed by atoms with Crippen LogP contribution in [0.15, 0.2) is 6.20 Å². The number of amides is 1. The van der Waals surface area contributed by atoms with Gasteiger partial charge in [-0.05, 0) is 18.8 Å². The summed E-state index contributed by atoms with van der Waals surface area (Å²) in [6.07, 6.45) is 5.51. The van der Waals surface area contributed by atoms with E-state index in [-0.39, 0.29) is 18.2 Å². The summed E-state index contributed by atoms with van der Waals surface area (Å²) in [6, 6.07) is 2.24. The van der Waals surface area contributed by atoms with Crippen molar-refractivity contribution in [1.29, 1.82) is 5.26 Å². The van der Waals surface area contributed by atoms with Gasteiger partial charge in [0.2, 0.25) is 5.91 Å². The van der Waals surface area contributed by atoms with Crippen molar-refractivity contribution in [3.05, 3.63) is 18.3 Å². The Morgan fingerprint density at radius 1 is 1.82 bits per heavy atom. The number of hydrogen-bond acceptors (Lipinski definition) is 4. The van der Waals surface area contributed by atoms with Gasteiger partial charge < -0.3 is 5.73 Å². The Hall–Kier alpha value is -1.90. The lowest BCUT2D eigenvalue weighted by molar-refractivity contribution is -0.118. The van der Waals surface area contributed by atoms with Crippen molar-refractivity contribution in [2.45, 2.75) is 31.7 Å². The van der Waals surface area contributed by atoms with Crippen molar-refractivity contribution in [2.24, 2.45) is 11.7 Å². The largest absolute Gasteiger partial charge is 0.370 e. The molecule has 1 aliphatic rings. The maximum Gasteiger partial charge on any atom is 0.217 e. The van der Waals surface area contributed by atoms with Gasteiger partial charge in [-0.1, -0.05) is 12.1 Å². The zero-order chi connectivity index (χ0) is 12.5. The van der Waals surface area contributed by atoms with Crippen LogP contribution >= 0.6 is 0 Å². The first kappa shape index (κ1) is 11.6. The third-order valence-electron chi connectivity index (χ3n) is 2.86. The highest BCUT2D eigenvalue weighted by Gasteiger charge is 2.46. The molecule has 2 rings (SSSR count). The molecule has 0 saturated heterocycles. The molecule has 1 amide bonds. The molecule has 17 heavy (non-hydrogen) atoms. The molecule has 1 radical (unpaired) electrons. The molecule has 1 aliphatic carbocycles. The number of hydrogen-bond donors (Lipinski definition) is 1. The summed E-state index contributed by atoms with van der Waals surface area (Å²) in [4.78, 5) is 10.7. The summed E-state index contributed by atoms with van der Waals surface area (Å²) in [5, 5.41) is 16.9. The Labute approximate surface area is 99.4 Å². The van der Waals surface area contributed by atoms with Crippen LogP contribution in [0.1, 0.15) is 31.9 Å². The second-order valence-corrected chi connectivity index (χ2v) is 4.55. The second-order valence-electron chi connectivity index (χ2n) is 4.55. The average Bonchev–Trinajstić information content (AvgIpc) is 2.92. The molecule has 2 N–H and O–H groups in total. The molecule has 0 bridgehead atoms. The molecule has 1 heterocycles. The fourth-order valence-electron chi connectivity index (χ4n) is 1.74. The van der Waals surface area contributed by atoms with E-state index >= 15 is 0 Å². The van der Waals surface area contributed by atoms with Crippen LogP contribution in [0.3, 0.4) is 0 Å². The number of nitrogens with two attached hydrogens (primary N) is 1. The zero-order valence-corrected chi connectivity index (χ0v) is 9.63. The van der Waals surface area contributed by atoms with Gasteiger partial charge in [-0.15, -0.1) is 5.10 Å². The van der Waals surface area contributed by atoms with E-state index in [2.05, 4.69) is 16.4 Å². The number of carbonyl (C=O) groups is 1. The third kappa shape index (κ3) is 2.44. The van der Waals surface area contributed by atoms with E-state index in [4.69, 9.17) is 11.0 Å². The fraction of sp³-hybridized carbons (Fsp3) is 0.545. The SMILES string of the molecule is C[C@@H]([CH]c1cn(C2(C#N)CC2)nn1)CC(N)=O. The number of nitriles is 1. The molecule has 6 heteroatoms. The predicted molar refractivity (Wildman–Crippen MR) is 59.2 cm³/mol. The maximum absolute atomic E-state index is 10.7. The minimum Gasteiger partial charge on any atom is -0.370 e. The minimum absolute atomic E-state index is 0.0230. The van der Waals surface area contributed by atoms with Gasteiger partial charge in [0.25, 0.3) is 0 Å². The highest BCUT2D eigenvalue weighted by molar-refractivity contribution is 5.74.